The largest absolute Gasteiger partial charge is 0.370 e. The Hall–Kier alpha value is -3.55. The molecule has 1 aromatic heterocycles. The molecule has 0 spiro atoms. The van der Waals surface area contributed by atoms with Crippen LogP contribution in [0.1, 0.15) is 35.5 Å². The highest BCUT2D eigenvalue weighted by molar-refractivity contribution is 7.11. The van der Waals surface area contributed by atoms with Gasteiger partial charge in [0.2, 0.25) is 17.6 Å². The Morgan fingerprint density at radius 2 is 1.88 bits per heavy atom. The summed E-state index contributed by atoms with van der Waals surface area (Å²) in [6.07, 6.45) is 4.96. The second-order valence-corrected chi connectivity index (χ2v) is 8.18. The van der Waals surface area contributed by atoms with E-state index < -0.39 is 18.0 Å². The van der Waals surface area contributed by atoms with Crippen LogP contribution in [0.5, 0.6) is 0 Å². The number of carbonyl (C=O) groups is 3. The van der Waals surface area contributed by atoms with Crippen LogP contribution in [0, 0.1) is 0 Å². The monoisotopic (exact) mass is 478 g/mol. The van der Waals surface area contributed by atoms with E-state index in [-0.39, 0.29) is 36.7 Å². The van der Waals surface area contributed by atoms with Crippen molar-refractivity contribution in [2.75, 3.05) is 26.2 Å². The topological polar surface area (TPSA) is 221 Å². The number of carbonyl (C=O) groups excluding carboxylic acids is 3. The number of aliphatic imine (C=N–C) groups is 3. The van der Waals surface area contributed by atoms with E-state index in [4.69, 9.17) is 22.9 Å². The van der Waals surface area contributed by atoms with Gasteiger partial charge in [-0.2, -0.15) is 0 Å². The van der Waals surface area contributed by atoms with Crippen LogP contribution < -0.4 is 28.3 Å². The summed E-state index contributed by atoms with van der Waals surface area (Å²) >= 11 is 1.19. The summed E-state index contributed by atoms with van der Waals surface area (Å²) in [7, 11) is 0. The lowest BCUT2D eigenvalue weighted by atomic mass is 10.1. The molecule has 2 amide bonds. The number of hydrogen-bond donors (Lipinski definition) is 5. The molecule has 2 rings (SSSR count). The molecule has 1 aliphatic heterocycles. The Morgan fingerprint density at radius 3 is 2.52 bits per heavy atom. The lowest BCUT2D eigenvalue weighted by Gasteiger charge is -2.28. The van der Waals surface area contributed by atoms with Crippen molar-refractivity contribution in [3.63, 3.8) is 0 Å². The number of amides is 2. The molecule has 14 heteroatoms. The second kappa shape index (κ2) is 13.1. The van der Waals surface area contributed by atoms with Crippen LogP contribution in [0.25, 0.3) is 0 Å². The molecule has 1 aliphatic rings. The highest BCUT2D eigenvalue weighted by Crippen LogP contribution is 2.13. The van der Waals surface area contributed by atoms with Crippen LogP contribution in [0.2, 0.25) is 0 Å². The highest BCUT2D eigenvalue weighted by Gasteiger charge is 2.29. The summed E-state index contributed by atoms with van der Waals surface area (Å²) in [5.41, 5.74) is 21.2. The number of guanidine groups is 2. The zero-order valence-electron chi connectivity index (χ0n) is 18.2. The first-order chi connectivity index (χ1) is 15.8. The van der Waals surface area contributed by atoms with Crippen LogP contribution in [0.15, 0.2) is 26.6 Å². The zero-order chi connectivity index (χ0) is 24.2. The minimum absolute atomic E-state index is 0.00748. The Bertz CT molecular complexity index is 892. The van der Waals surface area contributed by atoms with Crippen LogP contribution >= 0.6 is 11.3 Å². The predicted octanol–water partition coefficient (Wildman–Crippen LogP) is -1.80. The van der Waals surface area contributed by atoms with E-state index in [0.717, 1.165) is 0 Å². The first-order valence-corrected chi connectivity index (χ1v) is 11.3. The molecular weight excluding hydrogens is 448 g/mol. The number of ketones is 1. The summed E-state index contributed by atoms with van der Waals surface area (Å²) in [5, 5.41) is 4.70. The van der Waals surface area contributed by atoms with E-state index in [1.54, 1.807) is 11.6 Å². The summed E-state index contributed by atoms with van der Waals surface area (Å²) in [4.78, 5) is 55.6. The van der Waals surface area contributed by atoms with E-state index in [1.165, 1.54) is 22.4 Å². The summed E-state index contributed by atoms with van der Waals surface area (Å²) in [6, 6.07) is -1.39. The highest BCUT2D eigenvalue weighted by atomic mass is 32.1. The number of hydrogen-bond acceptors (Lipinski definition) is 8. The Kier molecular flexibility index (Phi) is 10.2. The minimum Gasteiger partial charge on any atom is -0.370 e. The molecule has 13 nitrogen and oxygen atoms in total. The van der Waals surface area contributed by atoms with Gasteiger partial charge >= 0.3 is 0 Å². The number of nitrogens with two attached hydrogens (primary N) is 4. The lowest BCUT2D eigenvalue weighted by molar-refractivity contribution is -0.137. The van der Waals surface area contributed by atoms with E-state index in [0.29, 0.717) is 43.8 Å². The van der Waals surface area contributed by atoms with E-state index in [1.807, 2.05) is 0 Å². The van der Waals surface area contributed by atoms with Gasteiger partial charge in [-0.05, 0) is 25.7 Å². The maximum absolute atomic E-state index is 12.8. The first-order valence-electron chi connectivity index (χ1n) is 10.4. The van der Waals surface area contributed by atoms with Crippen LogP contribution in [0.4, 0.5) is 0 Å². The van der Waals surface area contributed by atoms with Gasteiger partial charge in [0.05, 0.1) is 19.1 Å². The molecule has 33 heavy (non-hydrogen) atoms. The van der Waals surface area contributed by atoms with Gasteiger partial charge in [0, 0.05) is 30.9 Å². The van der Waals surface area contributed by atoms with Crippen molar-refractivity contribution in [1.29, 1.82) is 0 Å². The molecule has 0 aliphatic carbocycles. The SMILES string of the molecule is NC(N)=NCCC[C@@H]1N=CCN(CC(=O)N[C@@H](CCCN=C(N)N)C(=O)c2nccs2)C1=O. The van der Waals surface area contributed by atoms with Crippen LogP contribution in [0.3, 0.4) is 0 Å². The van der Waals surface area contributed by atoms with E-state index in [2.05, 4.69) is 25.3 Å². The number of nitrogens with one attached hydrogen (secondary N) is 1. The molecule has 180 valence electrons. The van der Waals surface area contributed by atoms with Gasteiger partial charge in [-0.1, -0.05) is 0 Å². The Morgan fingerprint density at radius 1 is 1.18 bits per heavy atom. The van der Waals surface area contributed by atoms with Crippen molar-refractivity contribution in [1.82, 2.24) is 15.2 Å². The normalized spacial score (nSPS) is 16.2. The van der Waals surface area contributed by atoms with Crippen molar-refractivity contribution in [2.45, 2.75) is 37.8 Å². The van der Waals surface area contributed by atoms with Gasteiger partial charge < -0.3 is 33.2 Å². The number of rotatable bonds is 13. The standard InChI is InChI=1S/C19H30N10O3S/c20-18(21)26-5-1-3-12(15(31)16-25-8-10-33-16)28-14(30)11-29-9-7-24-13(17(29)32)4-2-6-27-19(22)23/h7-8,10,12-13H,1-6,9,11H2,(H,28,30)(H4,20,21,26)(H4,22,23,27)/t12-,13-/m0/s1. The molecule has 0 saturated heterocycles. The molecule has 0 unspecified atom stereocenters. The van der Waals surface area contributed by atoms with Crippen molar-refractivity contribution < 1.29 is 14.4 Å². The van der Waals surface area contributed by atoms with Gasteiger partial charge in [0.1, 0.15) is 6.04 Å². The predicted molar refractivity (Wildman–Crippen MR) is 127 cm³/mol. The van der Waals surface area contributed by atoms with E-state index >= 15 is 0 Å². The molecule has 0 saturated carbocycles. The van der Waals surface area contributed by atoms with Gasteiger partial charge in [-0.15, -0.1) is 11.3 Å². The lowest BCUT2D eigenvalue weighted by Crippen LogP contribution is -2.50. The molecule has 0 radical (unpaired) electrons. The molecule has 0 bridgehead atoms. The Balaban J connectivity index is 1.93. The third-order valence-electron chi connectivity index (χ3n) is 4.69. The number of Topliss-reactive ketones (excluding diaryl/α,β-unsaturated/α-hetero) is 1. The van der Waals surface area contributed by atoms with Crippen molar-refractivity contribution in [3.05, 3.63) is 16.6 Å². The molecule has 0 fully saturated rings. The number of aromatic nitrogens is 1. The molecule has 2 heterocycles. The number of nitrogens with zero attached hydrogens (tertiary/aromatic N) is 5. The summed E-state index contributed by atoms with van der Waals surface area (Å²) < 4.78 is 0. The molecule has 9 N–H and O–H groups in total. The summed E-state index contributed by atoms with van der Waals surface area (Å²) in [6.45, 7) is 0.738. The van der Waals surface area contributed by atoms with Gasteiger partial charge in [0.15, 0.2) is 16.9 Å². The quantitative estimate of drug-likeness (QED) is 0.0939. The fraction of sp³-hybridized carbons (Fsp3) is 0.526. The molecule has 0 aromatic carbocycles. The fourth-order valence-corrected chi connectivity index (χ4v) is 3.78. The molecule has 2 atom stereocenters. The smallest absolute Gasteiger partial charge is 0.248 e. The molecule has 1 aromatic rings. The van der Waals surface area contributed by atoms with Gasteiger partial charge in [-0.25, -0.2) is 4.98 Å². The average molecular weight is 479 g/mol. The average Bonchev–Trinajstić information content (AvgIpc) is 3.30. The maximum atomic E-state index is 12.8. The number of thiazole rings is 1. The van der Waals surface area contributed by atoms with E-state index in [9.17, 15) is 14.4 Å². The fourth-order valence-electron chi connectivity index (χ4n) is 3.15. The van der Waals surface area contributed by atoms with Crippen molar-refractivity contribution in [2.24, 2.45) is 37.9 Å². The van der Waals surface area contributed by atoms with Crippen molar-refractivity contribution in [3.8, 4) is 0 Å². The van der Waals surface area contributed by atoms with Crippen LogP contribution in [-0.2, 0) is 9.59 Å². The van der Waals surface area contributed by atoms with Gasteiger partial charge in [-0.3, -0.25) is 29.4 Å². The van der Waals surface area contributed by atoms with Crippen LogP contribution in [-0.4, -0.2) is 83.9 Å². The van der Waals surface area contributed by atoms with Crippen molar-refractivity contribution >= 4 is 47.1 Å². The Labute approximate surface area is 195 Å². The molecular formula is C19H30N10O3S. The third-order valence-corrected chi connectivity index (χ3v) is 5.48. The summed E-state index contributed by atoms with van der Waals surface area (Å²) in [5.74, 6) is -1.05. The maximum Gasteiger partial charge on any atom is 0.248 e. The zero-order valence-corrected chi connectivity index (χ0v) is 19.0. The second-order valence-electron chi connectivity index (χ2n) is 7.29. The first kappa shape index (κ1) is 25.7. The minimum atomic E-state index is -0.804. The third kappa shape index (κ3) is 8.84. The van der Waals surface area contributed by atoms with Gasteiger partial charge in [0.25, 0.3) is 0 Å².